The molecular formula is C30H35N7O4S. The van der Waals surface area contributed by atoms with Crippen molar-refractivity contribution in [1.29, 1.82) is 5.26 Å². The van der Waals surface area contributed by atoms with Crippen molar-refractivity contribution in [3.8, 4) is 17.3 Å². The predicted octanol–water partition coefficient (Wildman–Crippen LogP) is 3.70. The molecule has 0 spiro atoms. The van der Waals surface area contributed by atoms with Crippen LogP contribution >= 0.6 is 0 Å². The van der Waals surface area contributed by atoms with Crippen LogP contribution in [0.2, 0.25) is 0 Å². The quantitative estimate of drug-likeness (QED) is 0.256. The monoisotopic (exact) mass is 589 g/mol. The number of rotatable bonds is 10. The molecule has 220 valence electrons. The first-order valence-electron chi connectivity index (χ1n) is 13.9. The normalized spacial score (nSPS) is 16.6. The molecular weight excluding hydrogens is 554 g/mol. The molecule has 0 aliphatic carbocycles. The number of sulfonamides is 1. The van der Waals surface area contributed by atoms with Gasteiger partial charge >= 0.3 is 5.97 Å². The molecule has 11 nitrogen and oxygen atoms in total. The standard InChI is InChI=1S/C30H35N7O4S/c1-6-42(39,40)35-18-30(19-35,12-13-31)37-17-23(16-34-37)26-25-11-14-36(27(25)33-20-32-26)29(4,28(38)41-5)24-9-7-22(8-10-24)15-21(2)3/h7-11,14,16-17,20-21H,6,12,15,18-19H2,1-5H3/t29-/m0/s1. The van der Waals surface area contributed by atoms with Gasteiger partial charge in [0.25, 0.3) is 0 Å². The van der Waals surface area contributed by atoms with Crippen LogP contribution in [-0.2, 0) is 37.1 Å². The first kappa shape index (κ1) is 29.4. The highest BCUT2D eigenvalue weighted by Crippen LogP contribution is 2.37. The minimum atomic E-state index is -3.36. The fraction of sp³-hybridized carbons (Fsp3) is 0.433. The number of hydrogen-bond donors (Lipinski definition) is 0. The van der Waals surface area contributed by atoms with Crippen molar-refractivity contribution in [2.24, 2.45) is 5.92 Å². The Kier molecular flexibility index (Phi) is 7.68. The van der Waals surface area contributed by atoms with Gasteiger partial charge < -0.3 is 9.30 Å². The third-order valence-corrected chi connectivity index (χ3v) is 9.93. The van der Waals surface area contributed by atoms with Crippen molar-refractivity contribution >= 4 is 27.0 Å². The third kappa shape index (κ3) is 4.86. The summed E-state index contributed by atoms with van der Waals surface area (Å²) in [5.74, 6) is 0.0837. The zero-order chi connectivity index (χ0) is 30.3. The van der Waals surface area contributed by atoms with E-state index in [9.17, 15) is 18.5 Å². The molecule has 1 saturated heterocycles. The Morgan fingerprint density at radius 1 is 1.19 bits per heavy atom. The minimum Gasteiger partial charge on any atom is -0.467 e. The molecule has 1 aromatic carbocycles. The van der Waals surface area contributed by atoms with Crippen LogP contribution < -0.4 is 0 Å². The SMILES string of the molecule is CCS(=O)(=O)N1CC(CC#N)(n2cc(-c3ncnc4c3ccn4[C@](C)(C(=O)OC)c3ccc(CC(C)C)cc3)cn2)C1. The van der Waals surface area contributed by atoms with E-state index in [0.29, 0.717) is 28.2 Å². The highest BCUT2D eigenvalue weighted by atomic mass is 32.2. The first-order chi connectivity index (χ1) is 20.0. The predicted molar refractivity (Wildman–Crippen MR) is 158 cm³/mol. The molecule has 1 fully saturated rings. The highest BCUT2D eigenvalue weighted by molar-refractivity contribution is 7.89. The van der Waals surface area contributed by atoms with Crippen molar-refractivity contribution in [1.82, 2.24) is 28.6 Å². The molecule has 3 aromatic heterocycles. The largest absolute Gasteiger partial charge is 0.467 e. The van der Waals surface area contributed by atoms with E-state index in [-0.39, 0.29) is 25.3 Å². The van der Waals surface area contributed by atoms with Crippen LogP contribution in [-0.4, -0.2) is 69.0 Å². The number of nitriles is 1. The maximum absolute atomic E-state index is 13.4. The Bertz CT molecular complexity index is 1760. The Labute approximate surface area is 245 Å². The van der Waals surface area contributed by atoms with E-state index < -0.39 is 27.1 Å². The van der Waals surface area contributed by atoms with Gasteiger partial charge in [0.2, 0.25) is 10.0 Å². The first-order valence-corrected chi connectivity index (χ1v) is 15.5. The number of methoxy groups -OCH3 is 1. The van der Waals surface area contributed by atoms with Gasteiger partial charge in [0.05, 0.1) is 37.2 Å². The van der Waals surface area contributed by atoms with Gasteiger partial charge in [-0.1, -0.05) is 38.1 Å². The van der Waals surface area contributed by atoms with Crippen molar-refractivity contribution < 1.29 is 17.9 Å². The highest BCUT2D eigenvalue weighted by Gasteiger charge is 2.49. The van der Waals surface area contributed by atoms with E-state index in [0.717, 1.165) is 12.0 Å². The average Bonchev–Trinajstić information content (AvgIpc) is 3.62. The second-order valence-electron chi connectivity index (χ2n) is 11.4. The van der Waals surface area contributed by atoms with Gasteiger partial charge in [0.15, 0.2) is 5.54 Å². The summed E-state index contributed by atoms with van der Waals surface area (Å²) >= 11 is 0. The molecule has 0 bridgehead atoms. The fourth-order valence-corrected chi connectivity index (χ4v) is 6.95. The number of fused-ring (bicyclic) bond motifs is 1. The van der Waals surface area contributed by atoms with Crippen molar-refractivity contribution in [3.05, 3.63) is 66.4 Å². The van der Waals surface area contributed by atoms with E-state index >= 15 is 0 Å². The minimum absolute atomic E-state index is 0.00246. The van der Waals surface area contributed by atoms with Crippen LogP contribution in [0.15, 0.2) is 55.2 Å². The van der Waals surface area contributed by atoms with Gasteiger partial charge in [-0.25, -0.2) is 23.2 Å². The average molecular weight is 590 g/mol. The molecule has 4 heterocycles. The lowest BCUT2D eigenvalue weighted by molar-refractivity contribution is -0.148. The van der Waals surface area contributed by atoms with E-state index in [1.54, 1.807) is 28.6 Å². The number of aromatic nitrogens is 5. The van der Waals surface area contributed by atoms with Gasteiger partial charge in [-0.2, -0.15) is 14.7 Å². The van der Waals surface area contributed by atoms with Gasteiger partial charge in [-0.15, -0.1) is 0 Å². The van der Waals surface area contributed by atoms with Crippen molar-refractivity contribution in [2.75, 3.05) is 26.0 Å². The third-order valence-electron chi connectivity index (χ3n) is 8.16. The summed E-state index contributed by atoms with van der Waals surface area (Å²) in [6, 6.07) is 12.1. The molecule has 0 amide bonds. The summed E-state index contributed by atoms with van der Waals surface area (Å²) < 4.78 is 34.9. The molecule has 1 atom stereocenters. The molecule has 0 unspecified atom stereocenters. The molecule has 0 N–H and O–H groups in total. The zero-order valence-corrected chi connectivity index (χ0v) is 25.3. The number of carbonyl (C=O) groups is 1. The van der Waals surface area contributed by atoms with Crippen molar-refractivity contribution in [2.45, 2.75) is 51.6 Å². The second-order valence-corrected chi connectivity index (χ2v) is 13.7. The van der Waals surface area contributed by atoms with Crippen LogP contribution in [0.1, 0.15) is 45.2 Å². The molecule has 5 rings (SSSR count). The second kappa shape index (κ2) is 11.0. The summed E-state index contributed by atoms with van der Waals surface area (Å²) in [4.78, 5) is 22.4. The van der Waals surface area contributed by atoms with E-state index in [2.05, 4.69) is 35.0 Å². The maximum atomic E-state index is 13.4. The molecule has 1 aliphatic heterocycles. The van der Waals surface area contributed by atoms with Gasteiger partial charge in [-0.3, -0.25) is 4.68 Å². The van der Waals surface area contributed by atoms with E-state index in [1.165, 1.54) is 23.3 Å². The number of carbonyl (C=O) groups excluding carboxylic acids is 1. The topological polar surface area (TPSA) is 136 Å². The summed E-state index contributed by atoms with van der Waals surface area (Å²) in [6.07, 6.45) is 7.75. The Morgan fingerprint density at radius 2 is 1.90 bits per heavy atom. The maximum Gasteiger partial charge on any atom is 0.336 e. The number of esters is 1. The molecule has 42 heavy (non-hydrogen) atoms. The van der Waals surface area contributed by atoms with Crippen LogP contribution in [0, 0.1) is 17.2 Å². The summed E-state index contributed by atoms with van der Waals surface area (Å²) in [7, 11) is -1.99. The Balaban J connectivity index is 1.54. The molecule has 4 aromatic rings. The number of nitrogens with zero attached hydrogens (tertiary/aromatic N) is 7. The van der Waals surface area contributed by atoms with Crippen LogP contribution in [0.4, 0.5) is 0 Å². The van der Waals surface area contributed by atoms with Gasteiger partial charge in [-0.05, 0) is 43.4 Å². The molecule has 1 aliphatic rings. The van der Waals surface area contributed by atoms with E-state index in [4.69, 9.17) is 4.74 Å². The van der Waals surface area contributed by atoms with Crippen LogP contribution in [0.3, 0.4) is 0 Å². The van der Waals surface area contributed by atoms with Crippen LogP contribution in [0.25, 0.3) is 22.3 Å². The van der Waals surface area contributed by atoms with Gasteiger partial charge in [0.1, 0.15) is 17.5 Å². The van der Waals surface area contributed by atoms with E-state index in [1.807, 2.05) is 43.5 Å². The molecule has 0 radical (unpaired) electrons. The lowest BCUT2D eigenvalue weighted by atomic mass is 9.89. The molecule has 0 saturated carbocycles. The Morgan fingerprint density at radius 3 is 2.52 bits per heavy atom. The lowest BCUT2D eigenvalue weighted by Gasteiger charge is -2.47. The number of ether oxygens (including phenoxy) is 1. The smallest absolute Gasteiger partial charge is 0.336 e. The summed E-state index contributed by atoms with van der Waals surface area (Å²) in [5, 5.41) is 14.8. The summed E-state index contributed by atoms with van der Waals surface area (Å²) in [5.41, 5.74) is 1.85. The number of hydrogen-bond acceptors (Lipinski definition) is 8. The van der Waals surface area contributed by atoms with Crippen LogP contribution in [0.5, 0.6) is 0 Å². The zero-order valence-electron chi connectivity index (χ0n) is 24.5. The number of benzene rings is 1. The van der Waals surface area contributed by atoms with Crippen molar-refractivity contribution in [3.63, 3.8) is 0 Å². The molecule has 12 heteroatoms. The van der Waals surface area contributed by atoms with Gasteiger partial charge in [0, 0.05) is 36.4 Å². The Hall–Kier alpha value is -4.08. The fourth-order valence-electron chi connectivity index (χ4n) is 5.71. The summed E-state index contributed by atoms with van der Waals surface area (Å²) in [6.45, 7) is 8.11. The lowest BCUT2D eigenvalue weighted by Crippen LogP contribution is -2.64.